The average Bonchev–Trinajstić information content (AvgIpc) is 2.73. The maximum atomic E-state index is 12.4. The van der Waals surface area contributed by atoms with Crippen molar-refractivity contribution in [1.29, 1.82) is 5.41 Å². The van der Waals surface area contributed by atoms with Gasteiger partial charge in [0.1, 0.15) is 11.3 Å². The molecule has 0 saturated heterocycles. The van der Waals surface area contributed by atoms with Crippen LogP contribution in [0.2, 0.25) is 0 Å². The SMILES string of the molecule is CC1CCCC(C)(C)C1.CN/C(C=N)=C(\Cl)C(=O)NCC=O.CNCc1ccnc(F)c1. The highest BCUT2D eigenvalue weighted by Gasteiger charge is 2.24. The van der Waals surface area contributed by atoms with Gasteiger partial charge in [0.2, 0.25) is 5.95 Å². The molecular formula is C23H37ClFN5O2. The Hall–Kier alpha value is -2.32. The minimum absolute atomic E-state index is 0.0932. The van der Waals surface area contributed by atoms with Crippen LogP contribution in [0.5, 0.6) is 0 Å². The molecule has 9 heteroatoms. The molecular weight excluding hydrogens is 433 g/mol. The number of hydrogen-bond acceptors (Lipinski definition) is 6. The lowest BCUT2D eigenvalue weighted by Gasteiger charge is -2.33. The zero-order valence-corrected chi connectivity index (χ0v) is 20.5. The van der Waals surface area contributed by atoms with Crippen LogP contribution >= 0.6 is 11.6 Å². The van der Waals surface area contributed by atoms with Gasteiger partial charge in [-0.1, -0.05) is 45.2 Å². The van der Waals surface area contributed by atoms with E-state index in [-0.39, 0.29) is 17.3 Å². The van der Waals surface area contributed by atoms with E-state index in [1.807, 2.05) is 7.05 Å². The van der Waals surface area contributed by atoms with Gasteiger partial charge in [0.15, 0.2) is 0 Å². The maximum absolute atomic E-state index is 12.4. The summed E-state index contributed by atoms with van der Waals surface area (Å²) in [6.07, 6.45) is 8.72. The van der Waals surface area contributed by atoms with E-state index in [9.17, 15) is 14.0 Å². The Morgan fingerprint density at radius 1 is 1.41 bits per heavy atom. The first-order chi connectivity index (χ1) is 15.1. The molecule has 1 atom stereocenters. The van der Waals surface area contributed by atoms with Gasteiger partial charge >= 0.3 is 0 Å². The Kier molecular flexibility index (Phi) is 15.1. The third kappa shape index (κ3) is 13.2. The number of aldehydes is 1. The van der Waals surface area contributed by atoms with Gasteiger partial charge in [0, 0.05) is 26.0 Å². The lowest BCUT2D eigenvalue weighted by molar-refractivity contribution is -0.118. The minimum atomic E-state index is -0.582. The molecule has 0 spiro atoms. The number of amides is 1. The number of halogens is 2. The number of aromatic nitrogens is 1. The van der Waals surface area contributed by atoms with Gasteiger partial charge in [-0.05, 0) is 48.9 Å². The Bertz CT molecular complexity index is 756. The smallest absolute Gasteiger partial charge is 0.265 e. The van der Waals surface area contributed by atoms with E-state index in [1.165, 1.54) is 45.0 Å². The normalized spacial score (nSPS) is 17.3. The fraction of sp³-hybridized carbons (Fsp3) is 0.565. The molecule has 1 aromatic heterocycles. The van der Waals surface area contributed by atoms with Crippen LogP contribution in [0.25, 0.3) is 0 Å². The highest BCUT2D eigenvalue weighted by Crippen LogP contribution is 2.37. The molecule has 0 radical (unpaired) electrons. The van der Waals surface area contributed by atoms with Crippen molar-refractivity contribution in [2.45, 2.75) is 53.0 Å². The number of hydrogen-bond donors (Lipinski definition) is 4. The van der Waals surface area contributed by atoms with Crippen LogP contribution in [0.3, 0.4) is 0 Å². The first-order valence-electron chi connectivity index (χ1n) is 10.6. The van der Waals surface area contributed by atoms with Crippen LogP contribution in [0, 0.1) is 22.7 Å². The molecule has 0 aliphatic heterocycles. The number of carbonyl (C=O) groups excluding carboxylic acids is 2. The second kappa shape index (κ2) is 16.3. The zero-order chi connectivity index (χ0) is 24.6. The third-order valence-corrected chi connectivity index (χ3v) is 5.19. The number of carbonyl (C=O) groups is 2. The average molecular weight is 470 g/mol. The van der Waals surface area contributed by atoms with E-state index in [2.05, 4.69) is 41.7 Å². The number of nitrogens with one attached hydrogen (secondary N) is 4. The minimum Gasteiger partial charge on any atom is -0.386 e. The van der Waals surface area contributed by atoms with E-state index >= 15 is 0 Å². The van der Waals surface area contributed by atoms with Gasteiger partial charge < -0.3 is 26.2 Å². The van der Waals surface area contributed by atoms with E-state index in [1.54, 1.807) is 6.07 Å². The molecule has 1 unspecified atom stereocenters. The molecule has 180 valence electrons. The van der Waals surface area contributed by atoms with Crippen molar-refractivity contribution in [2.24, 2.45) is 11.3 Å². The van der Waals surface area contributed by atoms with Crippen LogP contribution in [-0.4, -0.2) is 44.0 Å². The van der Waals surface area contributed by atoms with Crippen LogP contribution in [0.4, 0.5) is 4.39 Å². The van der Waals surface area contributed by atoms with Crippen molar-refractivity contribution >= 4 is 30.0 Å². The Labute approximate surface area is 196 Å². The number of rotatable bonds is 7. The fourth-order valence-corrected chi connectivity index (χ4v) is 3.63. The zero-order valence-electron chi connectivity index (χ0n) is 19.7. The van der Waals surface area contributed by atoms with Gasteiger partial charge in [-0.15, -0.1) is 0 Å². The summed E-state index contributed by atoms with van der Waals surface area (Å²) in [5, 5.41) is 14.5. The van der Waals surface area contributed by atoms with Crippen molar-refractivity contribution < 1.29 is 14.0 Å². The summed E-state index contributed by atoms with van der Waals surface area (Å²) < 4.78 is 12.4. The van der Waals surface area contributed by atoms with Crippen LogP contribution in [0.15, 0.2) is 29.1 Å². The summed E-state index contributed by atoms with van der Waals surface area (Å²) in [7, 11) is 3.36. The third-order valence-electron chi connectivity index (χ3n) is 4.82. The van der Waals surface area contributed by atoms with Crippen LogP contribution in [0.1, 0.15) is 52.0 Å². The topological polar surface area (TPSA) is 107 Å². The van der Waals surface area contributed by atoms with Crippen LogP contribution in [-0.2, 0) is 16.1 Å². The molecule has 1 heterocycles. The highest BCUT2D eigenvalue weighted by atomic mass is 35.5. The predicted octanol–water partition coefficient (Wildman–Crippen LogP) is 3.78. The van der Waals surface area contributed by atoms with Gasteiger partial charge in [-0.25, -0.2) is 4.98 Å². The summed E-state index contributed by atoms with van der Waals surface area (Å²) in [6, 6.07) is 3.19. The number of allylic oxidation sites excluding steroid dienone is 1. The Balaban J connectivity index is 0.000000458. The second-order valence-corrected chi connectivity index (χ2v) is 8.76. The van der Waals surface area contributed by atoms with Crippen molar-refractivity contribution in [3.8, 4) is 0 Å². The van der Waals surface area contributed by atoms with Crippen molar-refractivity contribution in [3.05, 3.63) is 40.6 Å². The van der Waals surface area contributed by atoms with Crippen LogP contribution < -0.4 is 16.0 Å². The molecule has 2 rings (SSSR count). The number of pyridine rings is 1. The molecule has 0 aromatic carbocycles. The largest absolute Gasteiger partial charge is 0.386 e. The quantitative estimate of drug-likeness (QED) is 0.210. The molecule has 1 aliphatic rings. The molecule has 32 heavy (non-hydrogen) atoms. The monoisotopic (exact) mass is 469 g/mol. The molecule has 1 aliphatic carbocycles. The van der Waals surface area contributed by atoms with E-state index in [0.29, 0.717) is 18.2 Å². The molecule has 4 N–H and O–H groups in total. The fourth-order valence-electron chi connectivity index (χ4n) is 3.41. The van der Waals surface area contributed by atoms with Gasteiger partial charge in [0.05, 0.1) is 12.2 Å². The van der Waals surface area contributed by atoms with Gasteiger partial charge in [0.25, 0.3) is 5.91 Å². The summed E-state index contributed by atoms with van der Waals surface area (Å²) in [5.41, 5.74) is 1.76. The van der Waals surface area contributed by atoms with Crippen molar-refractivity contribution in [3.63, 3.8) is 0 Å². The first kappa shape index (κ1) is 29.7. The molecule has 1 fully saturated rings. The first-order valence-corrected chi connectivity index (χ1v) is 11.0. The molecule has 7 nitrogen and oxygen atoms in total. The van der Waals surface area contributed by atoms with Gasteiger partial charge in [-0.2, -0.15) is 4.39 Å². The van der Waals surface area contributed by atoms with E-state index in [4.69, 9.17) is 17.0 Å². The maximum Gasteiger partial charge on any atom is 0.265 e. The number of nitrogens with zero attached hydrogens (tertiary/aromatic N) is 1. The lowest BCUT2D eigenvalue weighted by atomic mass is 9.73. The van der Waals surface area contributed by atoms with E-state index < -0.39 is 11.9 Å². The highest BCUT2D eigenvalue weighted by molar-refractivity contribution is 6.43. The van der Waals surface area contributed by atoms with E-state index in [0.717, 1.165) is 17.7 Å². The Morgan fingerprint density at radius 2 is 2.09 bits per heavy atom. The molecule has 1 amide bonds. The van der Waals surface area contributed by atoms with Gasteiger partial charge in [-0.3, -0.25) is 4.79 Å². The summed E-state index contributed by atoms with van der Waals surface area (Å²) in [4.78, 5) is 24.4. The Morgan fingerprint density at radius 3 is 2.53 bits per heavy atom. The molecule has 1 aromatic rings. The lowest BCUT2D eigenvalue weighted by Crippen LogP contribution is -2.27. The summed E-state index contributed by atoms with van der Waals surface area (Å²) in [5.74, 6) is -0.0249. The second-order valence-electron chi connectivity index (χ2n) is 8.38. The van der Waals surface area contributed by atoms with Crippen molar-refractivity contribution in [2.75, 3.05) is 20.6 Å². The summed E-state index contributed by atoms with van der Waals surface area (Å²) >= 11 is 5.57. The molecule has 0 bridgehead atoms. The molecule has 1 saturated carbocycles. The van der Waals surface area contributed by atoms with Crippen molar-refractivity contribution in [1.82, 2.24) is 20.9 Å². The standard InChI is InChI=1S/C9H18.C7H10ClN3O2.C7H9FN2/c1-8-5-4-6-9(2,3)7-8;1-10-5(4-9)6(8)7(13)11-2-3-12;1-9-5-6-2-3-10-7(8)4-6/h8H,4-7H2,1-3H3;3-4,9-10H,2H2,1H3,(H,11,13);2-4,9H,5H2,1H3/b;6-5-,9-4?;. The summed E-state index contributed by atoms with van der Waals surface area (Å²) in [6.45, 7) is 7.75. The predicted molar refractivity (Wildman–Crippen MR) is 128 cm³/mol.